The Kier molecular flexibility index (Phi) is 59.9. The minimum absolute atomic E-state index is 0.0867. The molecule has 1 atom stereocenters. The second-order valence-electron chi connectivity index (χ2n) is 20.6. The van der Waals surface area contributed by atoms with E-state index in [-0.39, 0.29) is 31.1 Å². The average molecular weight is 1050 g/mol. The van der Waals surface area contributed by atoms with Crippen LogP contribution < -0.4 is 0 Å². The first-order valence-electron chi connectivity index (χ1n) is 31.5. The highest BCUT2D eigenvalue weighted by molar-refractivity contribution is 5.71. The predicted octanol–water partition coefficient (Wildman–Crippen LogP) is 21.6. The van der Waals surface area contributed by atoms with Crippen molar-refractivity contribution in [2.75, 3.05) is 13.2 Å². The number of allylic oxidation sites excluding steroid dienone is 20. The number of unbranched alkanes of at least 4 members (excludes halogenated alkanes) is 25. The number of ether oxygens (including phenoxy) is 3. The van der Waals surface area contributed by atoms with E-state index in [0.29, 0.717) is 19.3 Å². The molecule has 6 nitrogen and oxygen atoms in total. The lowest BCUT2D eigenvalue weighted by Crippen LogP contribution is -2.30. The lowest BCUT2D eigenvalue weighted by Gasteiger charge is -2.18. The Bertz CT molecular complexity index is 1590. The maximum Gasteiger partial charge on any atom is 0.306 e. The van der Waals surface area contributed by atoms with E-state index in [0.717, 1.165) is 128 Å². The van der Waals surface area contributed by atoms with Gasteiger partial charge in [0.2, 0.25) is 0 Å². The Morgan fingerprint density at radius 3 is 0.855 bits per heavy atom. The fourth-order valence-corrected chi connectivity index (χ4v) is 8.43. The number of carbonyl (C=O) groups excluding carboxylic acids is 3. The van der Waals surface area contributed by atoms with Crippen LogP contribution in [0.5, 0.6) is 0 Å². The maximum absolute atomic E-state index is 12.8. The normalized spacial score (nSPS) is 12.9. The van der Waals surface area contributed by atoms with E-state index in [4.69, 9.17) is 14.2 Å². The van der Waals surface area contributed by atoms with Crippen LogP contribution in [0.15, 0.2) is 122 Å². The highest BCUT2D eigenvalue weighted by Crippen LogP contribution is 2.15. The molecule has 0 aromatic rings. The number of hydrogen-bond donors (Lipinski definition) is 0. The highest BCUT2D eigenvalue weighted by Gasteiger charge is 2.19. The van der Waals surface area contributed by atoms with Gasteiger partial charge in [0.15, 0.2) is 6.10 Å². The van der Waals surface area contributed by atoms with Gasteiger partial charge < -0.3 is 14.2 Å². The molecule has 1 unspecified atom stereocenters. The van der Waals surface area contributed by atoms with E-state index in [1.54, 1.807) is 0 Å². The summed E-state index contributed by atoms with van der Waals surface area (Å²) in [5.41, 5.74) is 0. The summed E-state index contributed by atoms with van der Waals surface area (Å²) in [7, 11) is 0. The summed E-state index contributed by atoms with van der Waals surface area (Å²) < 4.78 is 16.8. The minimum atomic E-state index is -0.788. The summed E-state index contributed by atoms with van der Waals surface area (Å²) in [5.74, 6) is -0.909. The molecule has 76 heavy (non-hydrogen) atoms. The first-order valence-corrected chi connectivity index (χ1v) is 31.5. The summed E-state index contributed by atoms with van der Waals surface area (Å²) in [6, 6.07) is 0. The quantitative estimate of drug-likeness (QED) is 0.0261. The molecule has 0 rings (SSSR count). The molecule has 0 saturated carbocycles. The van der Waals surface area contributed by atoms with Crippen LogP contribution >= 0.6 is 0 Å². The van der Waals surface area contributed by atoms with Gasteiger partial charge in [0.05, 0.1) is 0 Å². The van der Waals surface area contributed by atoms with E-state index in [2.05, 4.69) is 142 Å². The largest absolute Gasteiger partial charge is 0.462 e. The van der Waals surface area contributed by atoms with Crippen molar-refractivity contribution < 1.29 is 28.6 Å². The van der Waals surface area contributed by atoms with Crippen molar-refractivity contribution in [1.82, 2.24) is 0 Å². The van der Waals surface area contributed by atoms with Crippen LogP contribution in [0.2, 0.25) is 0 Å². The van der Waals surface area contributed by atoms with Crippen molar-refractivity contribution in [1.29, 1.82) is 0 Å². The van der Waals surface area contributed by atoms with E-state index in [9.17, 15) is 14.4 Å². The van der Waals surface area contributed by atoms with E-state index in [1.807, 2.05) is 0 Å². The van der Waals surface area contributed by atoms with Crippen LogP contribution in [0.4, 0.5) is 0 Å². The number of esters is 3. The van der Waals surface area contributed by atoms with E-state index in [1.165, 1.54) is 116 Å². The first kappa shape index (κ1) is 71.8. The Balaban J connectivity index is 4.15. The highest BCUT2D eigenvalue weighted by atomic mass is 16.6. The monoisotopic (exact) mass is 1050 g/mol. The molecular formula is C70H116O6. The summed E-state index contributed by atoms with van der Waals surface area (Å²) >= 11 is 0. The Labute approximate surface area is 469 Å². The molecule has 0 spiro atoms. The van der Waals surface area contributed by atoms with Crippen LogP contribution in [-0.2, 0) is 28.6 Å². The Hall–Kier alpha value is -4.19. The van der Waals surface area contributed by atoms with Crippen LogP contribution in [0, 0.1) is 0 Å². The lowest BCUT2D eigenvalue weighted by molar-refractivity contribution is -0.167. The smallest absolute Gasteiger partial charge is 0.306 e. The van der Waals surface area contributed by atoms with Gasteiger partial charge in [-0.2, -0.15) is 0 Å². The fourth-order valence-electron chi connectivity index (χ4n) is 8.43. The second-order valence-corrected chi connectivity index (χ2v) is 20.6. The van der Waals surface area contributed by atoms with Gasteiger partial charge >= 0.3 is 17.9 Å². The third kappa shape index (κ3) is 60.7. The van der Waals surface area contributed by atoms with Crippen molar-refractivity contribution in [3.63, 3.8) is 0 Å². The summed E-state index contributed by atoms with van der Waals surface area (Å²) in [6.07, 6.45) is 87.9. The number of hydrogen-bond acceptors (Lipinski definition) is 6. The van der Waals surface area contributed by atoms with E-state index < -0.39 is 6.10 Å². The van der Waals surface area contributed by atoms with Gasteiger partial charge in [-0.3, -0.25) is 14.4 Å². The topological polar surface area (TPSA) is 78.9 Å². The van der Waals surface area contributed by atoms with Crippen molar-refractivity contribution in [2.45, 2.75) is 290 Å². The Morgan fingerprint density at radius 1 is 0.276 bits per heavy atom. The van der Waals surface area contributed by atoms with Gasteiger partial charge in [-0.05, 0) is 128 Å². The molecule has 6 heteroatoms. The summed E-state index contributed by atoms with van der Waals surface area (Å²) in [4.78, 5) is 38.1. The zero-order valence-corrected chi connectivity index (χ0v) is 49.5. The molecule has 0 radical (unpaired) electrons. The zero-order chi connectivity index (χ0) is 55.0. The lowest BCUT2D eigenvalue weighted by atomic mass is 10.1. The average Bonchev–Trinajstić information content (AvgIpc) is 3.42. The standard InChI is InChI=1S/C70H116O6/c1-4-7-10-13-16-19-22-24-25-26-27-28-29-30-31-32-33-34-35-36-37-38-39-40-41-42-43-44-45-46-49-51-54-57-60-63-69(72)75-66-67(65-74-68(71)62-59-56-53-50-47-21-18-15-12-9-6-3)76-70(73)64-61-58-55-52-48-23-20-17-14-11-8-5-2/h7,10,15-20,24-25,27-28,30-31,33-34,36-37,39-40,67H,4-6,8-9,11-14,21-23,26,29,32,35,38,41-66H2,1-3H3/b10-7-,18-15-,19-16-,20-17-,25-24-,28-27-,31-30-,34-33-,37-36-,40-39-. The molecule has 0 bridgehead atoms. The minimum Gasteiger partial charge on any atom is -0.462 e. The predicted molar refractivity (Wildman–Crippen MR) is 330 cm³/mol. The molecule has 0 aliphatic heterocycles. The van der Waals surface area contributed by atoms with Crippen LogP contribution in [0.25, 0.3) is 0 Å². The molecule has 432 valence electrons. The van der Waals surface area contributed by atoms with Crippen LogP contribution in [0.1, 0.15) is 284 Å². The van der Waals surface area contributed by atoms with Crippen molar-refractivity contribution in [3.8, 4) is 0 Å². The number of carbonyl (C=O) groups is 3. The first-order chi connectivity index (χ1) is 37.5. The second kappa shape index (κ2) is 63.3. The van der Waals surface area contributed by atoms with Gasteiger partial charge in [-0.15, -0.1) is 0 Å². The molecular weight excluding hydrogens is 937 g/mol. The van der Waals surface area contributed by atoms with Crippen molar-refractivity contribution in [3.05, 3.63) is 122 Å². The number of rotatable bonds is 56. The zero-order valence-electron chi connectivity index (χ0n) is 49.5. The third-order valence-corrected chi connectivity index (χ3v) is 13.2. The van der Waals surface area contributed by atoms with Crippen molar-refractivity contribution in [2.24, 2.45) is 0 Å². The molecule has 0 aromatic heterocycles. The molecule has 0 aliphatic rings. The summed E-state index contributed by atoms with van der Waals surface area (Å²) in [5, 5.41) is 0. The molecule has 0 heterocycles. The van der Waals surface area contributed by atoms with Crippen LogP contribution in [0.3, 0.4) is 0 Å². The molecule has 0 aromatic carbocycles. The molecule has 0 N–H and O–H groups in total. The van der Waals surface area contributed by atoms with Gasteiger partial charge in [-0.1, -0.05) is 258 Å². The maximum atomic E-state index is 12.8. The van der Waals surface area contributed by atoms with E-state index >= 15 is 0 Å². The van der Waals surface area contributed by atoms with Crippen molar-refractivity contribution >= 4 is 17.9 Å². The molecule has 0 aliphatic carbocycles. The fraction of sp³-hybridized carbons (Fsp3) is 0.671. The molecule has 0 fully saturated rings. The third-order valence-electron chi connectivity index (χ3n) is 13.2. The molecule has 0 saturated heterocycles. The van der Waals surface area contributed by atoms with Gasteiger partial charge in [0.25, 0.3) is 0 Å². The van der Waals surface area contributed by atoms with Crippen LogP contribution in [-0.4, -0.2) is 37.2 Å². The summed E-state index contributed by atoms with van der Waals surface area (Å²) in [6.45, 7) is 6.45. The van der Waals surface area contributed by atoms with Gasteiger partial charge in [-0.25, -0.2) is 0 Å². The van der Waals surface area contributed by atoms with Gasteiger partial charge in [0, 0.05) is 19.3 Å². The van der Waals surface area contributed by atoms with Gasteiger partial charge in [0.1, 0.15) is 13.2 Å². The molecule has 0 amide bonds. The Morgan fingerprint density at radius 2 is 0.526 bits per heavy atom. The SMILES string of the molecule is CC/C=C\C/C=C\C/C=C\C/C=C\C/C=C\C/C=C\C/C=C\C/C=C\CCCCCCCCCCCCC(=O)OCC(COC(=O)CCCCCCC/C=C\CCCC)OC(=O)CCCCCCC/C=C\CCCCC.